The normalized spacial score (nSPS) is 13.3. The van der Waals surface area contributed by atoms with Crippen LogP contribution < -0.4 is 25.4 Å². The zero-order valence-electron chi connectivity index (χ0n) is 25.7. The van der Waals surface area contributed by atoms with Crippen LogP contribution in [0.25, 0.3) is 0 Å². The standard InChI is InChI=1S/C31H36BF3N4O7/c1-18(2)27(30(42)38-26(32(43)44)16-20-7-11-23(46-4)12-8-20)39-29(41)25(15-19-5-9-22(45-3)10-6-19)37-28(40)24-17-21(13-14-36-24)31(33,34)35/h5-14,17-18,25-27,43-44H,15-16H2,1-4H3,(H,37,40)(H,38,42)(H,39,41)/t25-,26-,27-/m0/s1. The number of benzene rings is 2. The number of rotatable bonds is 14. The smallest absolute Gasteiger partial charge is 0.475 e. The first-order chi connectivity index (χ1) is 21.7. The number of amides is 3. The van der Waals surface area contributed by atoms with Crippen LogP contribution in [0, 0.1) is 5.92 Å². The van der Waals surface area contributed by atoms with Crippen LogP contribution in [0.5, 0.6) is 11.5 Å². The van der Waals surface area contributed by atoms with Crippen molar-refractivity contribution in [3.63, 3.8) is 0 Å². The van der Waals surface area contributed by atoms with Crippen molar-refractivity contribution >= 4 is 24.8 Å². The summed E-state index contributed by atoms with van der Waals surface area (Å²) < 4.78 is 50.0. The van der Waals surface area contributed by atoms with E-state index in [2.05, 4.69) is 20.9 Å². The van der Waals surface area contributed by atoms with E-state index in [1.54, 1.807) is 62.4 Å². The number of nitrogens with zero attached hydrogens (tertiary/aromatic N) is 1. The molecule has 0 saturated heterocycles. The Morgan fingerprint density at radius 3 is 1.85 bits per heavy atom. The van der Waals surface area contributed by atoms with Gasteiger partial charge >= 0.3 is 13.3 Å². The number of aromatic nitrogens is 1. The molecule has 0 spiro atoms. The van der Waals surface area contributed by atoms with Crippen molar-refractivity contribution in [2.45, 2.75) is 50.9 Å². The number of pyridine rings is 1. The summed E-state index contributed by atoms with van der Waals surface area (Å²) in [7, 11) is 1.05. The number of carbonyl (C=O) groups excluding carboxylic acids is 3. The minimum absolute atomic E-state index is 0.0479. The van der Waals surface area contributed by atoms with Crippen molar-refractivity contribution in [1.29, 1.82) is 0 Å². The van der Waals surface area contributed by atoms with Crippen molar-refractivity contribution in [3.05, 3.63) is 89.2 Å². The maximum atomic E-state index is 13.6. The van der Waals surface area contributed by atoms with Crippen molar-refractivity contribution in [2.75, 3.05) is 14.2 Å². The summed E-state index contributed by atoms with van der Waals surface area (Å²) in [5.41, 5.74) is -0.393. The van der Waals surface area contributed by atoms with Crippen LogP contribution in [0.3, 0.4) is 0 Å². The lowest BCUT2D eigenvalue weighted by molar-refractivity contribution is -0.137. The third-order valence-corrected chi connectivity index (χ3v) is 7.09. The van der Waals surface area contributed by atoms with E-state index in [1.807, 2.05) is 0 Å². The lowest BCUT2D eigenvalue weighted by Gasteiger charge is -2.27. The summed E-state index contributed by atoms with van der Waals surface area (Å²) in [6, 6.07) is 12.1. The second kappa shape index (κ2) is 16.1. The molecular weight excluding hydrogens is 608 g/mol. The molecule has 0 radical (unpaired) electrons. The summed E-state index contributed by atoms with van der Waals surface area (Å²) in [4.78, 5) is 43.7. The molecule has 0 fully saturated rings. The second-order valence-corrected chi connectivity index (χ2v) is 10.8. The van der Waals surface area contributed by atoms with Crippen molar-refractivity contribution in [3.8, 4) is 11.5 Å². The zero-order chi connectivity index (χ0) is 34.0. The average Bonchev–Trinajstić information content (AvgIpc) is 3.02. The van der Waals surface area contributed by atoms with Crippen LogP contribution in [0.15, 0.2) is 66.9 Å². The molecule has 11 nitrogen and oxygen atoms in total. The van der Waals surface area contributed by atoms with Gasteiger partial charge in [-0.1, -0.05) is 38.1 Å². The molecule has 0 bridgehead atoms. The minimum Gasteiger partial charge on any atom is -0.497 e. The highest BCUT2D eigenvalue weighted by Crippen LogP contribution is 2.29. The number of nitrogens with one attached hydrogen (secondary N) is 3. The molecule has 0 aliphatic carbocycles. The topological polar surface area (TPSA) is 159 Å². The summed E-state index contributed by atoms with van der Waals surface area (Å²) in [6.07, 6.45) is -3.93. The predicted octanol–water partition coefficient (Wildman–Crippen LogP) is 2.34. The van der Waals surface area contributed by atoms with Gasteiger partial charge in [-0.05, 0) is 59.9 Å². The molecule has 15 heteroatoms. The van der Waals surface area contributed by atoms with Gasteiger partial charge in [-0.15, -0.1) is 0 Å². The fourth-order valence-corrected chi connectivity index (χ4v) is 4.48. The van der Waals surface area contributed by atoms with Gasteiger partial charge in [0.2, 0.25) is 11.8 Å². The van der Waals surface area contributed by atoms with Gasteiger partial charge in [0, 0.05) is 12.6 Å². The lowest BCUT2D eigenvalue weighted by atomic mass is 9.75. The average molecular weight is 644 g/mol. The van der Waals surface area contributed by atoms with Crippen LogP contribution in [0.2, 0.25) is 0 Å². The van der Waals surface area contributed by atoms with E-state index in [0.717, 1.165) is 12.3 Å². The van der Waals surface area contributed by atoms with Crippen molar-refractivity contribution in [1.82, 2.24) is 20.9 Å². The Morgan fingerprint density at radius 2 is 1.37 bits per heavy atom. The Hall–Kier alpha value is -4.63. The molecule has 0 saturated carbocycles. The fourth-order valence-electron chi connectivity index (χ4n) is 4.48. The van der Waals surface area contributed by atoms with Gasteiger partial charge in [0.1, 0.15) is 29.3 Å². The molecular formula is C31H36BF3N4O7. The molecule has 246 valence electrons. The van der Waals surface area contributed by atoms with Gasteiger partial charge in [0.15, 0.2) is 0 Å². The summed E-state index contributed by atoms with van der Waals surface area (Å²) in [5.74, 6) is -3.06. The highest BCUT2D eigenvalue weighted by Gasteiger charge is 2.34. The zero-order valence-corrected chi connectivity index (χ0v) is 25.7. The Balaban J connectivity index is 1.82. The molecule has 46 heavy (non-hydrogen) atoms. The van der Waals surface area contributed by atoms with Crippen LogP contribution >= 0.6 is 0 Å². The van der Waals surface area contributed by atoms with Gasteiger partial charge in [0.25, 0.3) is 5.91 Å². The van der Waals surface area contributed by atoms with Crippen molar-refractivity contribution in [2.24, 2.45) is 5.92 Å². The van der Waals surface area contributed by atoms with E-state index in [0.29, 0.717) is 28.7 Å². The van der Waals surface area contributed by atoms with Gasteiger partial charge in [-0.3, -0.25) is 19.4 Å². The van der Waals surface area contributed by atoms with E-state index in [-0.39, 0.29) is 12.8 Å². The lowest BCUT2D eigenvalue weighted by Crippen LogP contribution is -2.59. The number of carbonyl (C=O) groups is 3. The second-order valence-electron chi connectivity index (χ2n) is 10.8. The van der Waals surface area contributed by atoms with Crippen LogP contribution in [-0.2, 0) is 28.6 Å². The third-order valence-electron chi connectivity index (χ3n) is 7.09. The minimum atomic E-state index is -4.72. The van der Waals surface area contributed by atoms with E-state index < -0.39 is 66.2 Å². The molecule has 0 aliphatic rings. The first kappa shape index (κ1) is 35.8. The highest BCUT2D eigenvalue weighted by atomic mass is 19.4. The number of ether oxygens (including phenoxy) is 2. The molecule has 5 N–H and O–H groups in total. The maximum Gasteiger partial charge on any atom is 0.475 e. The fraction of sp³-hybridized carbons (Fsp3) is 0.355. The Bertz CT molecular complexity index is 1470. The van der Waals surface area contributed by atoms with E-state index in [4.69, 9.17) is 9.47 Å². The number of alkyl halides is 3. The largest absolute Gasteiger partial charge is 0.497 e. The van der Waals surface area contributed by atoms with Crippen LogP contribution in [0.1, 0.15) is 41.0 Å². The molecule has 3 rings (SSSR count). The Labute approximate surface area is 264 Å². The van der Waals surface area contributed by atoms with Gasteiger partial charge in [-0.2, -0.15) is 13.2 Å². The first-order valence-corrected chi connectivity index (χ1v) is 14.3. The highest BCUT2D eigenvalue weighted by molar-refractivity contribution is 6.43. The monoisotopic (exact) mass is 644 g/mol. The first-order valence-electron chi connectivity index (χ1n) is 14.3. The molecule has 0 aliphatic heterocycles. The summed E-state index contributed by atoms with van der Waals surface area (Å²) in [5, 5.41) is 27.6. The molecule has 0 unspecified atom stereocenters. The molecule has 2 aromatic carbocycles. The van der Waals surface area contributed by atoms with Gasteiger partial charge in [0.05, 0.1) is 25.7 Å². The molecule has 3 amide bonds. The van der Waals surface area contributed by atoms with Crippen LogP contribution in [-0.4, -0.2) is 72.1 Å². The van der Waals surface area contributed by atoms with Crippen molar-refractivity contribution < 1.29 is 47.1 Å². The van der Waals surface area contributed by atoms with E-state index in [9.17, 15) is 37.6 Å². The Morgan fingerprint density at radius 1 is 0.826 bits per heavy atom. The molecule has 3 atom stereocenters. The number of hydrogen-bond acceptors (Lipinski definition) is 8. The van der Waals surface area contributed by atoms with Gasteiger partial charge < -0.3 is 35.5 Å². The van der Waals surface area contributed by atoms with E-state index in [1.165, 1.54) is 14.2 Å². The van der Waals surface area contributed by atoms with E-state index >= 15 is 0 Å². The number of hydrogen-bond donors (Lipinski definition) is 5. The molecule has 1 heterocycles. The summed E-state index contributed by atoms with van der Waals surface area (Å²) >= 11 is 0. The van der Waals surface area contributed by atoms with Crippen LogP contribution in [0.4, 0.5) is 13.2 Å². The summed E-state index contributed by atoms with van der Waals surface area (Å²) in [6.45, 7) is 3.31. The Kier molecular flexibility index (Phi) is 12.5. The maximum absolute atomic E-state index is 13.6. The third kappa shape index (κ3) is 10.2. The molecule has 3 aromatic rings. The number of halogens is 3. The predicted molar refractivity (Wildman–Crippen MR) is 163 cm³/mol. The van der Waals surface area contributed by atoms with Gasteiger partial charge in [-0.25, -0.2) is 0 Å². The SMILES string of the molecule is COc1ccc(C[C@H](NC(=O)[C@@H](NC(=O)[C@H](Cc2ccc(OC)cc2)NC(=O)c2cc(C(F)(F)F)ccn2)C(C)C)B(O)O)cc1. The molecule has 1 aromatic heterocycles. The number of methoxy groups -OCH3 is 2. The quantitative estimate of drug-likeness (QED) is 0.167.